The minimum atomic E-state index is -0.458. The van der Waals surface area contributed by atoms with Gasteiger partial charge in [-0.2, -0.15) is 5.10 Å². The highest BCUT2D eigenvalue weighted by Crippen LogP contribution is 2.20. The molecule has 25 heavy (non-hydrogen) atoms. The van der Waals surface area contributed by atoms with Gasteiger partial charge in [-0.3, -0.25) is 14.4 Å². The van der Waals surface area contributed by atoms with E-state index in [4.69, 9.17) is 21.1 Å². The van der Waals surface area contributed by atoms with Crippen molar-refractivity contribution >= 4 is 29.4 Å². The summed E-state index contributed by atoms with van der Waals surface area (Å²) in [6, 6.07) is 8.45. The van der Waals surface area contributed by atoms with Gasteiger partial charge in [-0.1, -0.05) is 11.6 Å². The second-order valence-corrected chi connectivity index (χ2v) is 5.91. The number of nitrogens with zero attached hydrogens (tertiary/aromatic N) is 3. The molecular weight excluding hydrogens is 348 g/mol. The van der Waals surface area contributed by atoms with Gasteiger partial charge in [0.05, 0.1) is 19.3 Å². The molecule has 2 heterocycles. The van der Waals surface area contributed by atoms with Crippen molar-refractivity contribution in [2.75, 3.05) is 24.6 Å². The first kappa shape index (κ1) is 17.1. The van der Waals surface area contributed by atoms with Gasteiger partial charge in [-0.05, 0) is 24.3 Å². The molecule has 1 aliphatic rings. The summed E-state index contributed by atoms with van der Waals surface area (Å²) in [5.41, 5.74) is 0. The second-order valence-electron chi connectivity index (χ2n) is 5.48. The Balaban J connectivity index is 1.44. The molecule has 1 aromatic carbocycles. The number of amides is 2. The normalized spacial score (nSPS) is 16.6. The fourth-order valence-corrected chi connectivity index (χ4v) is 2.53. The highest BCUT2D eigenvalue weighted by molar-refractivity contribution is 6.30. The van der Waals surface area contributed by atoms with Crippen LogP contribution in [0, 0.1) is 0 Å². The maximum absolute atomic E-state index is 11.9. The van der Waals surface area contributed by atoms with Crippen molar-refractivity contribution in [2.24, 2.45) is 7.05 Å². The first-order valence-electron chi connectivity index (χ1n) is 7.64. The Morgan fingerprint density at radius 2 is 2.16 bits per heavy atom. The van der Waals surface area contributed by atoms with Crippen LogP contribution in [0.15, 0.2) is 36.5 Å². The Morgan fingerprint density at radius 3 is 2.84 bits per heavy atom. The molecule has 1 N–H and O–H groups in total. The number of aryl methyl sites for hydroxylation is 1. The molecule has 1 saturated heterocycles. The third-order valence-corrected chi connectivity index (χ3v) is 3.91. The lowest BCUT2D eigenvalue weighted by Gasteiger charge is -2.13. The van der Waals surface area contributed by atoms with Crippen molar-refractivity contribution in [3.8, 4) is 5.75 Å². The summed E-state index contributed by atoms with van der Waals surface area (Å²) in [6.07, 6.45) is 0.716. The van der Waals surface area contributed by atoms with E-state index in [9.17, 15) is 9.59 Å². The minimum Gasteiger partial charge on any atom is -0.484 e. The van der Waals surface area contributed by atoms with E-state index >= 15 is 0 Å². The average molecular weight is 365 g/mol. The number of hydrogen-bond donors (Lipinski definition) is 1. The number of anilines is 1. The van der Waals surface area contributed by atoms with E-state index in [2.05, 4.69) is 10.4 Å². The number of nitrogens with one attached hydrogen (secondary N) is 1. The SMILES string of the molecule is Cn1nccc1N1CC(CNC(=O)COc2ccc(Cl)cc2)OC1=O. The van der Waals surface area contributed by atoms with Crippen molar-refractivity contribution < 1.29 is 19.1 Å². The molecule has 8 nitrogen and oxygen atoms in total. The van der Waals surface area contributed by atoms with Crippen LogP contribution in [0.1, 0.15) is 0 Å². The van der Waals surface area contributed by atoms with Crippen LogP contribution in [0.4, 0.5) is 10.6 Å². The Morgan fingerprint density at radius 1 is 1.40 bits per heavy atom. The van der Waals surface area contributed by atoms with Gasteiger partial charge in [0.1, 0.15) is 17.7 Å². The van der Waals surface area contributed by atoms with E-state index in [1.54, 1.807) is 48.3 Å². The smallest absolute Gasteiger partial charge is 0.416 e. The lowest BCUT2D eigenvalue weighted by molar-refractivity contribution is -0.123. The Kier molecular flexibility index (Phi) is 5.08. The number of hydrogen-bond acceptors (Lipinski definition) is 5. The summed E-state index contributed by atoms with van der Waals surface area (Å²) in [7, 11) is 1.74. The quantitative estimate of drug-likeness (QED) is 0.841. The zero-order chi connectivity index (χ0) is 17.8. The van der Waals surface area contributed by atoms with E-state index in [1.807, 2.05) is 0 Å². The van der Waals surface area contributed by atoms with Crippen LogP contribution in [-0.2, 0) is 16.6 Å². The van der Waals surface area contributed by atoms with Gasteiger partial charge in [-0.25, -0.2) is 4.79 Å². The monoisotopic (exact) mass is 364 g/mol. The molecule has 0 spiro atoms. The first-order chi connectivity index (χ1) is 12.0. The average Bonchev–Trinajstić information content (AvgIpc) is 3.17. The molecule has 9 heteroatoms. The van der Waals surface area contributed by atoms with Crippen molar-refractivity contribution in [1.29, 1.82) is 0 Å². The predicted molar refractivity (Wildman–Crippen MR) is 90.8 cm³/mol. The number of cyclic esters (lactones) is 1. The Labute approximate surface area is 149 Å². The molecular formula is C16H17ClN4O4. The second kappa shape index (κ2) is 7.43. The standard InChI is InChI=1S/C16H17ClN4O4/c1-20-15(6-7-19-20)21-9-13(25-16(21)23)8-18-14(22)10-24-12-4-2-11(17)3-5-12/h2-7,13H,8-10H2,1H3,(H,18,22). The summed E-state index contributed by atoms with van der Waals surface area (Å²) >= 11 is 5.78. The molecule has 2 amide bonds. The Hall–Kier alpha value is -2.74. The van der Waals surface area contributed by atoms with Crippen LogP contribution >= 0.6 is 11.6 Å². The minimum absolute atomic E-state index is 0.131. The lowest BCUT2D eigenvalue weighted by Crippen LogP contribution is -2.37. The van der Waals surface area contributed by atoms with Gasteiger partial charge in [-0.15, -0.1) is 0 Å². The number of rotatable bonds is 6. The molecule has 1 fully saturated rings. The van der Waals surface area contributed by atoms with Gasteiger partial charge in [0.15, 0.2) is 6.61 Å². The summed E-state index contributed by atoms with van der Waals surface area (Å²) in [6.45, 7) is 0.424. The van der Waals surface area contributed by atoms with Crippen LogP contribution in [0.3, 0.4) is 0 Å². The number of aromatic nitrogens is 2. The Bertz CT molecular complexity index is 762. The molecule has 0 saturated carbocycles. The fourth-order valence-electron chi connectivity index (χ4n) is 2.41. The van der Waals surface area contributed by atoms with Gasteiger partial charge in [0.2, 0.25) is 0 Å². The molecule has 1 aliphatic heterocycles. The molecule has 0 radical (unpaired) electrons. The van der Waals surface area contributed by atoms with Gasteiger partial charge >= 0.3 is 6.09 Å². The van der Waals surface area contributed by atoms with Crippen molar-refractivity contribution in [2.45, 2.75) is 6.10 Å². The van der Waals surface area contributed by atoms with Gasteiger partial charge in [0, 0.05) is 18.1 Å². The van der Waals surface area contributed by atoms with E-state index in [1.165, 1.54) is 4.90 Å². The zero-order valence-electron chi connectivity index (χ0n) is 13.5. The number of benzene rings is 1. The molecule has 0 aliphatic carbocycles. The maximum Gasteiger partial charge on any atom is 0.416 e. The third-order valence-electron chi connectivity index (χ3n) is 3.66. The molecule has 2 aromatic rings. The maximum atomic E-state index is 11.9. The van der Waals surface area contributed by atoms with Gasteiger partial charge in [0.25, 0.3) is 5.91 Å². The van der Waals surface area contributed by atoms with E-state index in [0.29, 0.717) is 23.1 Å². The summed E-state index contributed by atoms with van der Waals surface area (Å²) in [5, 5.41) is 7.31. The highest BCUT2D eigenvalue weighted by atomic mass is 35.5. The third kappa shape index (κ3) is 4.21. The summed E-state index contributed by atoms with van der Waals surface area (Å²) in [4.78, 5) is 25.3. The summed E-state index contributed by atoms with van der Waals surface area (Å²) in [5.74, 6) is 0.893. The van der Waals surface area contributed by atoms with Crippen LogP contribution in [0.5, 0.6) is 5.75 Å². The van der Waals surface area contributed by atoms with Crippen LogP contribution in [0.2, 0.25) is 5.02 Å². The summed E-state index contributed by atoms with van der Waals surface area (Å²) < 4.78 is 12.2. The molecule has 1 atom stereocenters. The van der Waals surface area contributed by atoms with Crippen molar-refractivity contribution in [1.82, 2.24) is 15.1 Å². The van der Waals surface area contributed by atoms with E-state index in [0.717, 1.165) is 0 Å². The van der Waals surface area contributed by atoms with E-state index < -0.39 is 12.2 Å². The van der Waals surface area contributed by atoms with Crippen LogP contribution in [0.25, 0.3) is 0 Å². The van der Waals surface area contributed by atoms with Crippen molar-refractivity contribution in [3.05, 3.63) is 41.6 Å². The van der Waals surface area contributed by atoms with Gasteiger partial charge < -0.3 is 14.8 Å². The number of carbonyl (C=O) groups excluding carboxylic acids is 2. The van der Waals surface area contributed by atoms with Crippen molar-refractivity contribution in [3.63, 3.8) is 0 Å². The first-order valence-corrected chi connectivity index (χ1v) is 8.02. The molecule has 3 rings (SSSR count). The van der Waals surface area contributed by atoms with Crippen LogP contribution in [-0.4, -0.2) is 47.6 Å². The topological polar surface area (TPSA) is 85.7 Å². The van der Waals surface area contributed by atoms with Crippen LogP contribution < -0.4 is 15.0 Å². The molecule has 0 bridgehead atoms. The van der Waals surface area contributed by atoms with E-state index in [-0.39, 0.29) is 19.1 Å². The molecule has 132 valence electrons. The predicted octanol–water partition coefficient (Wildman–Crippen LogP) is 1.59. The molecule has 1 aromatic heterocycles. The number of halogens is 1. The number of carbonyl (C=O) groups is 2. The number of ether oxygens (including phenoxy) is 2. The highest BCUT2D eigenvalue weighted by Gasteiger charge is 2.33. The molecule has 1 unspecified atom stereocenters. The zero-order valence-corrected chi connectivity index (χ0v) is 14.3. The largest absolute Gasteiger partial charge is 0.484 e. The fraction of sp³-hybridized carbons (Fsp3) is 0.312. The lowest BCUT2D eigenvalue weighted by atomic mass is 10.3.